The predicted octanol–water partition coefficient (Wildman–Crippen LogP) is -2.86. The van der Waals surface area contributed by atoms with Crippen molar-refractivity contribution in [3.63, 3.8) is 0 Å². The molecule has 36 heavy (non-hydrogen) atoms. The number of nitrogen functional groups attached to an aromatic ring is 1. The first-order chi connectivity index (χ1) is 16.8. The molecule has 0 saturated carbocycles. The Morgan fingerprint density at radius 1 is 1.47 bits per heavy atom. The third-order valence-electron chi connectivity index (χ3n) is 5.59. The van der Waals surface area contributed by atoms with Gasteiger partial charge in [-0.2, -0.15) is 13.5 Å². The van der Waals surface area contributed by atoms with Gasteiger partial charge < -0.3 is 31.5 Å². The lowest BCUT2D eigenvalue weighted by Crippen LogP contribution is -2.56. The highest BCUT2D eigenvalue weighted by Crippen LogP contribution is 2.42. The number of aromatic nitrogens is 1. The van der Waals surface area contributed by atoms with Gasteiger partial charge in [-0.25, -0.2) is 20.3 Å². The molecule has 0 spiro atoms. The van der Waals surface area contributed by atoms with Crippen molar-refractivity contribution in [2.45, 2.75) is 43.9 Å². The average molecular weight is 548 g/mol. The third-order valence-corrected chi connectivity index (χ3v) is 7.28. The summed E-state index contributed by atoms with van der Waals surface area (Å²) in [7, 11) is -4.71. The van der Waals surface area contributed by atoms with E-state index in [9.17, 15) is 27.7 Å². The van der Waals surface area contributed by atoms with Crippen LogP contribution in [0.3, 0.4) is 0 Å². The molecule has 19 heteroatoms. The molecule has 0 aromatic carbocycles. The van der Waals surface area contributed by atoms with Crippen LogP contribution in [0.15, 0.2) is 15.6 Å². The van der Waals surface area contributed by atoms with Crippen LogP contribution in [-0.4, -0.2) is 105 Å². The second-order valence-electron chi connectivity index (χ2n) is 8.57. The maximum absolute atomic E-state index is 13.3. The molecule has 1 aromatic heterocycles. The van der Waals surface area contributed by atoms with Crippen molar-refractivity contribution in [1.29, 1.82) is 0 Å². The number of rotatable bonds is 10. The summed E-state index contributed by atoms with van der Waals surface area (Å²) in [5.41, 5.74) is 12.7. The minimum atomic E-state index is -4.71. The van der Waals surface area contributed by atoms with Gasteiger partial charge in [0.15, 0.2) is 17.1 Å². The van der Waals surface area contributed by atoms with Gasteiger partial charge in [0.25, 0.3) is 5.91 Å². The fourth-order valence-electron chi connectivity index (χ4n) is 3.66. The number of thiazole rings is 1. The summed E-state index contributed by atoms with van der Waals surface area (Å²) in [6, 6.07) is -1.95. The monoisotopic (exact) mass is 547 g/mol. The van der Waals surface area contributed by atoms with Crippen molar-refractivity contribution in [2.75, 3.05) is 25.4 Å². The topological polar surface area (TPSA) is 251 Å². The Bertz CT molecular complexity index is 1220. The van der Waals surface area contributed by atoms with Crippen LogP contribution >= 0.6 is 11.3 Å². The molecule has 4 rings (SSSR count). The first-order valence-corrected chi connectivity index (χ1v) is 12.8. The number of hydrazine groups is 1. The van der Waals surface area contributed by atoms with Crippen molar-refractivity contribution in [1.82, 2.24) is 25.1 Å². The normalized spacial score (nSPS) is 26.5. The fraction of sp³-hybridized carbons (Fsp3) is 0.588. The van der Waals surface area contributed by atoms with Crippen molar-refractivity contribution in [2.24, 2.45) is 16.0 Å². The number of nitrogens with two attached hydrogens (primary N) is 2. The summed E-state index contributed by atoms with van der Waals surface area (Å²) in [5, 5.41) is 22.8. The van der Waals surface area contributed by atoms with Crippen LogP contribution in [-0.2, 0) is 29.5 Å². The molecule has 17 nitrogen and oxygen atoms in total. The number of fused-ring (bicyclic) bond motifs is 1. The van der Waals surface area contributed by atoms with Crippen LogP contribution in [0.2, 0.25) is 0 Å². The summed E-state index contributed by atoms with van der Waals surface area (Å²) in [6.07, 6.45) is -1.76. The summed E-state index contributed by atoms with van der Waals surface area (Å²) >= 11 is 1.02. The van der Waals surface area contributed by atoms with E-state index < -0.39 is 52.2 Å². The van der Waals surface area contributed by atoms with Gasteiger partial charge in [-0.15, -0.1) is 15.6 Å². The molecular weight excluding hydrogens is 522 g/mol. The standard InChI is InChI=1S/C17H25N9O8S2/c1-17(2,15(28)29)34-24-10(8-6-35-16(19)21-8)13(27)22-11-9(5-25-20-4-7(3-18)23-25)26(36(30,31)32)14-12(11)33-14/h6,9,11-12,14,20H,3-5,18H2,1-2H3,(H2,19,21)(H,22,27)(H,28,29)(H,30,31,32)/b24-10-/t9-,11+,12?,14?/m1/s1. The van der Waals surface area contributed by atoms with Gasteiger partial charge in [-0.1, -0.05) is 5.16 Å². The van der Waals surface area contributed by atoms with E-state index in [0.717, 1.165) is 15.6 Å². The second kappa shape index (κ2) is 9.50. The van der Waals surface area contributed by atoms with E-state index in [1.54, 1.807) is 0 Å². The number of hydrogen-bond acceptors (Lipinski definition) is 14. The lowest BCUT2D eigenvalue weighted by molar-refractivity contribution is -0.161. The number of hydrogen-bond donors (Lipinski definition) is 6. The van der Waals surface area contributed by atoms with Gasteiger partial charge in [0, 0.05) is 11.9 Å². The number of amides is 1. The maximum atomic E-state index is 13.3. The number of epoxide rings is 1. The quantitative estimate of drug-likeness (QED) is 0.0747. The van der Waals surface area contributed by atoms with E-state index in [4.69, 9.17) is 21.0 Å². The van der Waals surface area contributed by atoms with Gasteiger partial charge in [-0.05, 0) is 13.8 Å². The first-order valence-electron chi connectivity index (χ1n) is 10.5. The molecule has 4 heterocycles. The van der Waals surface area contributed by atoms with Crippen LogP contribution in [0.25, 0.3) is 0 Å². The molecular formula is C17H25N9O8S2. The van der Waals surface area contributed by atoms with E-state index in [0.29, 0.717) is 12.3 Å². The SMILES string of the molecule is CC(C)(O/N=C(\C(=O)N[C@@H]1C2OC2N(S(=O)(=O)O)[C@@H]1CN1N=C(CN)CN1)c1csc(N)n1)C(=O)O. The van der Waals surface area contributed by atoms with Gasteiger partial charge in [-0.3, -0.25) is 9.35 Å². The number of aliphatic carboxylic acids is 1. The lowest BCUT2D eigenvalue weighted by atomic mass is 10.1. The lowest BCUT2D eigenvalue weighted by Gasteiger charge is -2.31. The zero-order valence-electron chi connectivity index (χ0n) is 19.1. The fourth-order valence-corrected chi connectivity index (χ4v) is 5.18. The second-order valence-corrected chi connectivity index (χ2v) is 10.8. The van der Waals surface area contributed by atoms with Gasteiger partial charge >= 0.3 is 16.3 Å². The van der Waals surface area contributed by atoms with Crippen molar-refractivity contribution in [3.8, 4) is 0 Å². The number of carboxylic acids is 1. The van der Waals surface area contributed by atoms with Gasteiger partial charge in [0.05, 0.1) is 30.9 Å². The van der Waals surface area contributed by atoms with E-state index in [1.807, 2.05) is 0 Å². The Kier molecular flexibility index (Phi) is 6.90. The highest BCUT2D eigenvalue weighted by atomic mass is 32.2. The van der Waals surface area contributed by atoms with Crippen LogP contribution in [0.1, 0.15) is 19.5 Å². The molecule has 2 unspecified atom stereocenters. The molecule has 0 bridgehead atoms. The highest BCUT2D eigenvalue weighted by Gasteiger charge is 2.65. The Morgan fingerprint density at radius 3 is 2.75 bits per heavy atom. The number of carbonyl (C=O) groups excluding carboxylic acids is 1. The number of carboxylic acid groups (broad SMARTS) is 1. The number of nitrogens with zero attached hydrogens (tertiary/aromatic N) is 5. The number of oxime groups is 1. The number of nitrogens with one attached hydrogen (secondary N) is 2. The van der Waals surface area contributed by atoms with Crippen molar-refractivity contribution < 1.29 is 37.2 Å². The van der Waals surface area contributed by atoms with Crippen molar-refractivity contribution in [3.05, 3.63) is 11.1 Å². The van der Waals surface area contributed by atoms with E-state index in [2.05, 4.69) is 26.0 Å². The molecule has 1 amide bonds. The van der Waals surface area contributed by atoms with Gasteiger partial charge in [0.1, 0.15) is 11.8 Å². The number of hydrazone groups is 1. The number of ether oxygens (including phenoxy) is 1. The molecule has 2 saturated heterocycles. The summed E-state index contributed by atoms with van der Waals surface area (Å²) in [4.78, 5) is 33.8. The third kappa shape index (κ3) is 5.26. The Labute approximate surface area is 208 Å². The van der Waals surface area contributed by atoms with Crippen LogP contribution in [0.5, 0.6) is 0 Å². The molecule has 1 aromatic rings. The predicted molar refractivity (Wildman–Crippen MR) is 125 cm³/mol. The minimum absolute atomic E-state index is 0.0176. The molecule has 3 aliphatic rings. The molecule has 0 radical (unpaired) electrons. The number of anilines is 1. The van der Waals surface area contributed by atoms with E-state index >= 15 is 0 Å². The smallest absolute Gasteiger partial charge is 0.350 e. The molecule has 0 aliphatic carbocycles. The average Bonchev–Trinajstić information content (AvgIpc) is 3.08. The Balaban J connectivity index is 1.60. The van der Waals surface area contributed by atoms with E-state index in [1.165, 1.54) is 24.3 Å². The molecule has 3 aliphatic heterocycles. The van der Waals surface area contributed by atoms with Crippen LogP contribution in [0, 0.1) is 0 Å². The van der Waals surface area contributed by atoms with Crippen LogP contribution in [0.4, 0.5) is 5.13 Å². The van der Waals surface area contributed by atoms with Crippen molar-refractivity contribution >= 4 is 50.1 Å². The maximum Gasteiger partial charge on any atom is 0.350 e. The zero-order chi connectivity index (χ0) is 26.4. The van der Waals surface area contributed by atoms with Gasteiger partial charge in [0.2, 0.25) is 5.60 Å². The Morgan fingerprint density at radius 2 is 2.19 bits per heavy atom. The van der Waals surface area contributed by atoms with Crippen LogP contribution < -0.4 is 22.2 Å². The van der Waals surface area contributed by atoms with E-state index in [-0.39, 0.29) is 29.6 Å². The molecule has 4 atom stereocenters. The highest BCUT2D eigenvalue weighted by molar-refractivity contribution is 7.83. The summed E-state index contributed by atoms with van der Waals surface area (Å²) in [6.45, 7) is 2.95. The summed E-state index contributed by atoms with van der Waals surface area (Å²) < 4.78 is 40.2. The molecule has 198 valence electrons. The first kappa shape index (κ1) is 26.1. The number of carbonyl (C=O) groups is 2. The largest absolute Gasteiger partial charge is 0.478 e. The minimum Gasteiger partial charge on any atom is -0.478 e. The Hall–Kier alpha value is -2.94. The molecule has 2 fully saturated rings. The zero-order valence-corrected chi connectivity index (χ0v) is 20.7. The summed E-state index contributed by atoms with van der Waals surface area (Å²) in [5.74, 6) is -2.18. The molecule has 8 N–H and O–H groups in total.